The van der Waals surface area contributed by atoms with E-state index in [1.165, 1.54) is 16.7 Å². The van der Waals surface area contributed by atoms with Crippen LogP contribution in [0.1, 0.15) is 22.5 Å². The molecule has 130 valence electrons. The molecule has 0 atom stereocenters. The van der Waals surface area contributed by atoms with Crippen molar-refractivity contribution >= 4 is 11.0 Å². The zero-order valence-corrected chi connectivity index (χ0v) is 14.7. The normalized spacial score (nSPS) is 11.1. The fourth-order valence-corrected chi connectivity index (χ4v) is 3.26. The minimum Gasteiger partial charge on any atom is -0.461 e. The maximum Gasteiger partial charge on any atom is 0.134 e. The van der Waals surface area contributed by atoms with Gasteiger partial charge in [0, 0.05) is 17.4 Å². The smallest absolute Gasteiger partial charge is 0.134 e. The summed E-state index contributed by atoms with van der Waals surface area (Å²) in [5.74, 6) is 1.03. The molecule has 0 aliphatic heterocycles. The van der Waals surface area contributed by atoms with E-state index in [1.54, 1.807) is 0 Å². The highest BCUT2D eigenvalue weighted by Crippen LogP contribution is 2.28. The number of para-hydroxylation sites is 1. The predicted molar refractivity (Wildman–Crippen MR) is 105 cm³/mol. The second-order valence-corrected chi connectivity index (χ2v) is 6.46. The molecule has 1 aromatic heterocycles. The van der Waals surface area contributed by atoms with Crippen LogP contribution in [0.4, 0.5) is 0 Å². The zero-order chi connectivity index (χ0) is 17.6. The summed E-state index contributed by atoms with van der Waals surface area (Å²) in [7, 11) is 0. The van der Waals surface area contributed by atoms with Crippen molar-refractivity contribution in [1.82, 2.24) is 0 Å². The third kappa shape index (κ3) is 3.87. The van der Waals surface area contributed by atoms with Gasteiger partial charge in [-0.2, -0.15) is 0 Å². The Balaban J connectivity index is 1.51. The molecule has 0 saturated heterocycles. The van der Waals surface area contributed by atoms with E-state index in [0.29, 0.717) is 13.2 Å². The topological polar surface area (TPSA) is 22.4 Å². The highest BCUT2D eigenvalue weighted by molar-refractivity contribution is 5.82. The number of ether oxygens (including phenoxy) is 1. The molecular weight excluding hydrogens is 320 g/mol. The second kappa shape index (κ2) is 8.03. The van der Waals surface area contributed by atoms with Gasteiger partial charge in [0.05, 0.1) is 13.2 Å². The van der Waals surface area contributed by atoms with E-state index in [9.17, 15) is 0 Å². The van der Waals surface area contributed by atoms with E-state index in [1.807, 2.05) is 36.4 Å². The maximum absolute atomic E-state index is 6.14. The van der Waals surface area contributed by atoms with E-state index >= 15 is 0 Å². The van der Waals surface area contributed by atoms with Crippen molar-refractivity contribution in [1.29, 1.82) is 0 Å². The summed E-state index contributed by atoms with van der Waals surface area (Å²) in [6.45, 7) is 1.18. The average molecular weight is 342 g/mol. The highest BCUT2D eigenvalue weighted by atomic mass is 16.5. The predicted octanol–water partition coefficient (Wildman–Crippen LogP) is 5.93. The molecule has 0 bridgehead atoms. The molecule has 0 amide bonds. The summed E-state index contributed by atoms with van der Waals surface area (Å²) >= 11 is 0. The number of fused-ring (bicyclic) bond motifs is 1. The average Bonchev–Trinajstić information content (AvgIpc) is 3.06. The lowest BCUT2D eigenvalue weighted by Crippen LogP contribution is -1.98. The summed E-state index contributed by atoms with van der Waals surface area (Å²) in [6, 6.07) is 29.0. The molecule has 1 heterocycles. The van der Waals surface area contributed by atoms with Gasteiger partial charge in [-0.1, -0.05) is 78.9 Å². The van der Waals surface area contributed by atoms with E-state index < -0.39 is 0 Å². The highest BCUT2D eigenvalue weighted by Gasteiger charge is 2.14. The van der Waals surface area contributed by atoms with Gasteiger partial charge >= 0.3 is 0 Å². The summed E-state index contributed by atoms with van der Waals surface area (Å²) in [5.41, 5.74) is 4.62. The first-order chi connectivity index (χ1) is 12.9. The Morgan fingerprint density at radius 3 is 2.04 bits per heavy atom. The third-order valence-corrected chi connectivity index (χ3v) is 4.62. The Morgan fingerprint density at radius 2 is 1.27 bits per heavy atom. The van der Waals surface area contributed by atoms with E-state index in [4.69, 9.17) is 9.15 Å². The largest absolute Gasteiger partial charge is 0.461 e. The van der Waals surface area contributed by atoms with Crippen LogP contribution in [0.5, 0.6) is 0 Å². The van der Waals surface area contributed by atoms with Crippen molar-refractivity contribution in [3.8, 4) is 0 Å². The maximum atomic E-state index is 6.14. The third-order valence-electron chi connectivity index (χ3n) is 4.62. The Labute approximate surface area is 154 Å². The van der Waals surface area contributed by atoms with Crippen LogP contribution in [0.2, 0.25) is 0 Å². The first kappa shape index (κ1) is 16.6. The molecule has 0 spiro atoms. The monoisotopic (exact) mass is 342 g/mol. The van der Waals surface area contributed by atoms with E-state index in [2.05, 4.69) is 48.5 Å². The Kier molecular flexibility index (Phi) is 5.13. The fraction of sp³-hybridized carbons (Fsp3) is 0.167. The van der Waals surface area contributed by atoms with Gasteiger partial charge < -0.3 is 9.15 Å². The molecule has 0 saturated carbocycles. The first-order valence-electron chi connectivity index (χ1n) is 9.05. The summed E-state index contributed by atoms with van der Waals surface area (Å²) < 4.78 is 12.1. The molecular formula is C24H22O2. The van der Waals surface area contributed by atoms with Crippen LogP contribution in [0, 0.1) is 0 Å². The van der Waals surface area contributed by atoms with Crippen LogP contribution in [-0.2, 0) is 30.8 Å². The fourth-order valence-electron chi connectivity index (χ4n) is 3.26. The van der Waals surface area contributed by atoms with Crippen molar-refractivity contribution in [2.24, 2.45) is 0 Å². The Morgan fingerprint density at radius 1 is 0.615 bits per heavy atom. The van der Waals surface area contributed by atoms with Gasteiger partial charge in [0.25, 0.3) is 0 Å². The van der Waals surface area contributed by atoms with Crippen LogP contribution < -0.4 is 0 Å². The molecule has 26 heavy (non-hydrogen) atoms. The molecule has 0 N–H and O–H groups in total. The van der Waals surface area contributed by atoms with Crippen LogP contribution in [0.25, 0.3) is 11.0 Å². The number of hydrogen-bond donors (Lipinski definition) is 0. The number of furan rings is 1. The minimum absolute atomic E-state index is 0.566. The van der Waals surface area contributed by atoms with Crippen molar-refractivity contribution < 1.29 is 9.15 Å². The summed E-state index contributed by atoms with van der Waals surface area (Å²) in [5, 5.41) is 1.16. The minimum atomic E-state index is 0.566. The quantitative estimate of drug-likeness (QED) is 0.415. The molecule has 3 aromatic carbocycles. The molecule has 0 aliphatic rings. The SMILES string of the molecule is c1ccc(CCc2oc3ccccc3c2COCc2ccccc2)cc1. The summed E-state index contributed by atoms with van der Waals surface area (Å²) in [4.78, 5) is 0. The van der Waals surface area contributed by atoms with Gasteiger partial charge in [-0.25, -0.2) is 0 Å². The van der Waals surface area contributed by atoms with Crippen molar-refractivity contribution in [3.63, 3.8) is 0 Å². The van der Waals surface area contributed by atoms with Gasteiger partial charge in [-0.15, -0.1) is 0 Å². The zero-order valence-electron chi connectivity index (χ0n) is 14.7. The number of rotatable bonds is 7. The molecule has 0 radical (unpaired) electrons. The van der Waals surface area contributed by atoms with Crippen molar-refractivity contribution in [2.45, 2.75) is 26.1 Å². The van der Waals surface area contributed by atoms with Gasteiger partial charge in [0.1, 0.15) is 11.3 Å². The van der Waals surface area contributed by atoms with Crippen LogP contribution in [-0.4, -0.2) is 0 Å². The van der Waals surface area contributed by atoms with Crippen molar-refractivity contribution in [2.75, 3.05) is 0 Å². The Bertz CT molecular complexity index is 955. The number of hydrogen-bond acceptors (Lipinski definition) is 2. The molecule has 2 heteroatoms. The van der Waals surface area contributed by atoms with Gasteiger partial charge in [-0.05, 0) is 23.6 Å². The lowest BCUT2D eigenvalue weighted by molar-refractivity contribution is 0.106. The van der Waals surface area contributed by atoms with Crippen LogP contribution >= 0.6 is 0 Å². The van der Waals surface area contributed by atoms with Gasteiger partial charge in [0.15, 0.2) is 0 Å². The van der Waals surface area contributed by atoms with Gasteiger partial charge in [-0.3, -0.25) is 0 Å². The van der Waals surface area contributed by atoms with E-state index in [-0.39, 0.29) is 0 Å². The second-order valence-electron chi connectivity index (χ2n) is 6.46. The Hall–Kier alpha value is -2.84. The molecule has 0 unspecified atom stereocenters. The van der Waals surface area contributed by atoms with Crippen LogP contribution in [0.15, 0.2) is 89.3 Å². The van der Waals surface area contributed by atoms with Crippen molar-refractivity contribution in [3.05, 3.63) is 107 Å². The lowest BCUT2D eigenvalue weighted by atomic mass is 10.1. The van der Waals surface area contributed by atoms with Gasteiger partial charge in [0.2, 0.25) is 0 Å². The molecule has 0 aliphatic carbocycles. The number of benzene rings is 3. The first-order valence-corrected chi connectivity index (χ1v) is 9.05. The lowest BCUT2D eigenvalue weighted by Gasteiger charge is -2.06. The van der Waals surface area contributed by atoms with Crippen LogP contribution in [0.3, 0.4) is 0 Å². The molecule has 2 nitrogen and oxygen atoms in total. The number of aryl methyl sites for hydroxylation is 2. The standard InChI is InChI=1S/C24H22O2/c1-3-9-19(10-4-1)15-16-24-22(21-13-7-8-14-23(21)26-24)18-25-17-20-11-5-2-6-12-20/h1-14H,15-18H2. The summed E-state index contributed by atoms with van der Waals surface area (Å²) in [6.07, 6.45) is 1.84. The molecule has 0 fully saturated rings. The molecule has 4 rings (SSSR count). The van der Waals surface area contributed by atoms with E-state index in [0.717, 1.165) is 29.6 Å². The molecule has 4 aromatic rings.